The summed E-state index contributed by atoms with van der Waals surface area (Å²) in [7, 11) is 0. The van der Waals surface area contributed by atoms with Gasteiger partial charge in [-0.05, 0) is 41.8 Å². The van der Waals surface area contributed by atoms with Crippen LogP contribution in [0.25, 0.3) is 0 Å². The van der Waals surface area contributed by atoms with Crippen molar-refractivity contribution in [1.82, 2.24) is 5.32 Å². The molecule has 0 aliphatic rings. The molecule has 4 heteroatoms. The molecule has 4 nitrogen and oxygen atoms in total. The number of hydrogen-bond donors (Lipinski definition) is 2. The van der Waals surface area contributed by atoms with Crippen LogP contribution in [0.5, 0.6) is 0 Å². The van der Waals surface area contributed by atoms with E-state index in [0.717, 1.165) is 12.0 Å². The van der Waals surface area contributed by atoms with Crippen molar-refractivity contribution in [2.24, 2.45) is 5.73 Å². The minimum atomic E-state index is -0.474. The third-order valence-electron chi connectivity index (χ3n) is 3.29. The van der Waals surface area contributed by atoms with Gasteiger partial charge in [-0.25, -0.2) is 0 Å². The average molecular weight is 282 g/mol. The maximum absolute atomic E-state index is 12.0. The van der Waals surface area contributed by atoms with E-state index >= 15 is 0 Å². The van der Waals surface area contributed by atoms with E-state index in [1.165, 1.54) is 5.56 Å². The Kier molecular flexibility index (Phi) is 4.72. The maximum Gasteiger partial charge on any atom is 0.251 e. The van der Waals surface area contributed by atoms with E-state index < -0.39 is 5.91 Å². The first-order valence-corrected chi connectivity index (χ1v) is 6.86. The fourth-order valence-electron chi connectivity index (χ4n) is 2.01. The lowest BCUT2D eigenvalue weighted by molar-refractivity contribution is 0.0950. The van der Waals surface area contributed by atoms with Gasteiger partial charge in [-0.15, -0.1) is 0 Å². The Morgan fingerprint density at radius 3 is 2.33 bits per heavy atom. The zero-order valence-electron chi connectivity index (χ0n) is 11.9. The number of rotatable bonds is 5. The normalized spacial score (nSPS) is 10.1. The van der Waals surface area contributed by atoms with Crippen LogP contribution in [-0.4, -0.2) is 11.8 Å². The molecule has 0 aromatic heterocycles. The molecule has 3 N–H and O–H groups in total. The number of nitrogens with two attached hydrogens (primary N) is 1. The van der Waals surface area contributed by atoms with Crippen LogP contribution in [0.3, 0.4) is 0 Å². The maximum atomic E-state index is 12.0. The molecule has 0 radical (unpaired) electrons. The monoisotopic (exact) mass is 282 g/mol. The van der Waals surface area contributed by atoms with Crippen molar-refractivity contribution in [3.8, 4) is 0 Å². The van der Waals surface area contributed by atoms with Crippen LogP contribution >= 0.6 is 0 Å². The summed E-state index contributed by atoms with van der Waals surface area (Å²) >= 11 is 0. The zero-order valence-corrected chi connectivity index (χ0v) is 11.9. The molecule has 0 bridgehead atoms. The lowest BCUT2D eigenvalue weighted by Gasteiger charge is -2.07. The molecule has 0 spiro atoms. The lowest BCUT2D eigenvalue weighted by atomic mass is 10.1. The van der Waals surface area contributed by atoms with Gasteiger partial charge in [-0.1, -0.05) is 31.2 Å². The summed E-state index contributed by atoms with van der Waals surface area (Å²) in [5, 5.41) is 2.83. The molecule has 21 heavy (non-hydrogen) atoms. The fraction of sp³-hybridized carbons (Fsp3) is 0.176. The molecule has 0 atom stereocenters. The first-order valence-electron chi connectivity index (χ1n) is 6.86. The fourth-order valence-corrected chi connectivity index (χ4v) is 2.01. The molecule has 108 valence electrons. The molecule has 2 amide bonds. The summed E-state index contributed by atoms with van der Waals surface area (Å²) in [6.07, 6.45) is 0.946. The third kappa shape index (κ3) is 3.92. The van der Waals surface area contributed by atoms with E-state index in [-0.39, 0.29) is 5.91 Å². The summed E-state index contributed by atoms with van der Waals surface area (Å²) in [6, 6.07) is 14.4. The highest BCUT2D eigenvalue weighted by molar-refractivity contribution is 5.94. The second kappa shape index (κ2) is 6.70. The van der Waals surface area contributed by atoms with Crippen LogP contribution in [0.2, 0.25) is 0 Å². The first-order chi connectivity index (χ1) is 10.1. The Labute approximate surface area is 124 Å². The highest BCUT2D eigenvalue weighted by Gasteiger charge is 2.06. The molecule has 0 aliphatic carbocycles. The number of nitrogens with one attached hydrogen (secondary N) is 1. The quantitative estimate of drug-likeness (QED) is 0.883. The first kappa shape index (κ1) is 14.8. The number of benzene rings is 2. The molecule has 0 fully saturated rings. The number of hydrogen-bond acceptors (Lipinski definition) is 2. The van der Waals surface area contributed by atoms with Crippen molar-refractivity contribution in [1.29, 1.82) is 0 Å². The van der Waals surface area contributed by atoms with Gasteiger partial charge in [0.15, 0.2) is 0 Å². The van der Waals surface area contributed by atoms with E-state index in [9.17, 15) is 9.59 Å². The Balaban J connectivity index is 2.00. The van der Waals surface area contributed by atoms with Gasteiger partial charge < -0.3 is 11.1 Å². The van der Waals surface area contributed by atoms with Crippen LogP contribution in [0.4, 0.5) is 0 Å². The van der Waals surface area contributed by atoms with Gasteiger partial charge in [0.05, 0.1) is 0 Å². The second-order valence-corrected chi connectivity index (χ2v) is 4.80. The van der Waals surface area contributed by atoms with Crippen LogP contribution in [0.15, 0.2) is 48.5 Å². The summed E-state index contributed by atoms with van der Waals surface area (Å²) < 4.78 is 0. The van der Waals surface area contributed by atoms with Crippen LogP contribution in [0.1, 0.15) is 38.8 Å². The van der Waals surface area contributed by atoms with Crippen LogP contribution < -0.4 is 11.1 Å². The molecular weight excluding hydrogens is 264 g/mol. The van der Waals surface area contributed by atoms with Gasteiger partial charge in [0.1, 0.15) is 0 Å². The third-order valence-corrected chi connectivity index (χ3v) is 3.29. The van der Waals surface area contributed by atoms with Crippen molar-refractivity contribution in [3.63, 3.8) is 0 Å². The Morgan fingerprint density at radius 1 is 1.00 bits per heavy atom. The number of carbonyl (C=O) groups is 2. The second-order valence-electron chi connectivity index (χ2n) is 4.80. The van der Waals surface area contributed by atoms with Crippen molar-refractivity contribution in [2.45, 2.75) is 19.9 Å². The Bertz CT molecular complexity index is 648. The van der Waals surface area contributed by atoms with Gasteiger partial charge in [0.2, 0.25) is 5.91 Å². The van der Waals surface area contributed by atoms with Gasteiger partial charge in [-0.3, -0.25) is 9.59 Å². The molecule has 0 aliphatic heterocycles. The highest BCUT2D eigenvalue weighted by Crippen LogP contribution is 2.07. The molecule has 0 unspecified atom stereocenters. The predicted molar refractivity (Wildman–Crippen MR) is 82.0 cm³/mol. The summed E-state index contributed by atoms with van der Waals surface area (Å²) in [5.74, 6) is -0.611. The van der Waals surface area contributed by atoms with E-state index in [2.05, 4.69) is 12.2 Å². The number of carbonyl (C=O) groups excluding carboxylic acids is 2. The van der Waals surface area contributed by atoms with E-state index in [1.54, 1.807) is 18.2 Å². The smallest absolute Gasteiger partial charge is 0.251 e. The van der Waals surface area contributed by atoms with Crippen LogP contribution in [-0.2, 0) is 13.0 Å². The minimum absolute atomic E-state index is 0.137. The average Bonchev–Trinajstić information content (AvgIpc) is 2.53. The van der Waals surface area contributed by atoms with E-state index in [1.807, 2.05) is 30.3 Å². The molecule has 2 aromatic rings. The van der Waals surface area contributed by atoms with Crippen molar-refractivity contribution >= 4 is 11.8 Å². The van der Waals surface area contributed by atoms with Crippen LogP contribution in [0, 0.1) is 0 Å². The predicted octanol–water partition coefficient (Wildman–Crippen LogP) is 2.28. The molecular formula is C17H18N2O2. The summed E-state index contributed by atoms with van der Waals surface area (Å²) in [4.78, 5) is 23.1. The molecule has 0 saturated carbocycles. The van der Waals surface area contributed by atoms with Crippen molar-refractivity contribution < 1.29 is 9.59 Å². The largest absolute Gasteiger partial charge is 0.366 e. The number of primary amides is 1. The summed E-state index contributed by atoms with van der Waals surface area (Å²) in [5.41, 5.74) is 8.33. The summed E-state index contributed by atoms with van der Waals surface area (Å²) in [6.45, 7) is 2.43. The topological polar surface area (TPSA) is 72.2 Å². The molecule has 2 rings (SSSR count). The van der Waals surface area contributed by atoms with Crippen molar-refractivity contribution in [2.75, 3.05) is 0 Å². The number of amides is 2. The van der Waals surface area contributed by atoms with E-state index in [4.69, 9.17) is 5.73 Å². The highest BCUT2D eigenvalue weighted by atomic mass is 16.2. The molecule has 0 heterocycles. The Morgan fingerprint density at radius 2 is 1.71 bits per heavy atom. The molecule has 2 aromatic carbocycles. The van der Waals surface area contributed by atoms with E-state index in [0.29, 0.717) is 17.7 Å². The van der Waals surface area contributed by atoms with Gasteiger partial charge in [0, 0.05) is 17.7 Å². The SMILES string of the molecule is CCc1ccc(C(=O)NCc2cccc(C(N)=O)c2)cc1. The number of aryl methyl sites for hydroxylation is 1. The lowest BCUT2D eigenvalue weighted by Crippen LogP contribution is -2.23. The van der Waals surface area contributed by atoms with Crippen molar-refractivity contribution in [3.05, 3.63) is 70.8 Å². The van der Waals surface area contributed by atoms with Gasteiger partial charge in [-0.2, -0.15) is 0 Å². The zero-order chi connectivity index (χ0) is 15.2. The standard InChI is InChI=1S/C17H18N2O2/c1-2-12-6-8-14(9-7-12)17(21)19-11-13-4-3-5-15(10-13)16(18)20/h3-10H,2,11H2,1H3,(H2,18,20)(H,19,21). The van der Waals surface area contributed by atoms with Gasteiger partial charge in [0.25, 0.3) is 5.91 Å². The minimum Gasteiger partial charge on any atom is -0.366 e. The Hall–Kier alpha value is -2.62. The van der Waals surface area contributed by atoms with Gasteiger partial charge >= 0.3 is 0 Å². The molecule has 0 saturated heterocycles.